The first kappa shape index (κ1) is 11.5. The average molecular weight is 200 g/mol. The summed E-state index contributed by atoms with van der Waals surface area (Å²) in [5.41, 5.74) is 0.819. The molecule has 0 fully saturated rings. The Labute approximate surface area is 91.5 Å². The molecule has 0 aliphatic carbocycles. The van der Waals surface area contributed by atoms with E-state index in [4.69, 9.17) is 0 Å². The predicted molar refractivity (Wildman–Crippen MR) is 62.7 cm³/mol. The number of hydrogen-bond acceptors (Lipinski definition) is 1. The van der Waals surface area contributed by atoms with Crippen molar-refractivity contribution in [3.05, 3.63) is 35.9 Å². The maximum absolute atomic E-state index is 11.6. The summed E-state index contributed by atoms with van der Waals surface area (Å²) in [6, 6.07) is 9.46. The van der Waals surface area contributed by atoms with Crippen molar-refractivity contribution >= 4 is 5.78 Å². The summed E-state index contributed by atoms with van der Waals surface area (Å²) in [7, 11) is 0. The lowest BCUT2D eigenvalue weighted by Crippen LogP contribution is -1.97. The van der Waals surface area contributed by atoms with Crippen molar-refractivity contribution in [2.24, 2.45) is 0 Å². The minimum Gasteiger partial charge on any atom is -0.294 e. The highest BCUT2D eigenvalue weighted by molar-refractivity contribution is 5.95. The second kappa shape index (κ2) is 6.84. The van der Waals surface area contributed by atoms with E-state index in [-0.39, 0.29) is 5.78 Å². The number of carbonyl (C=O) groups is 1. The van der Waals surface area contributed by atoms with Gasteiger partial charge in [-0.05, 0) is 19.8 Å². The van der Waals surface area contributed by atoms with E-state index in [1.807, 2.05) is 37.3 Å². The van der Waals surface area contributed by atoms with Crippen molar-refractivity contribution in [1.82, 2.24) is 0 Å². The summed E-state index contributed by atoms with van der Waals surface area (Å²) in [6.45, 7) is 1.84. The Morgan fingerprint density at radius 1 is 1.20 bits per heavy atom. The minimum atomic E-state index is 0.236. The highest BCUT2D eigenvalue weighted by atomic mass is 16.1. The monoisotopic (exact) mass is 200 g/mol. The van der Waals surface area contributed by atoms with Crippen LogP contribution >= 0.6 is 0 Å². The first-order chi connectivity index (χ1) is 7.34. The molecular formula is C14H16O. The first-order valence-corrected chi connectivity index (χ1v) is 5.32. The quantitative estimate of drug-likeness (QED) is 0.404. The van der Waals surface area contributed by atoms with Gasteiger partial charge in [0, 0.05) is 18.4 Å². The second-order valence-electron chi connectivity index (χ2n) is 3.42. The Hall–Kier alpha value is -1.55. The molecule has 0 saturated carbocycles. The fourth-order valence-corrected chi connectivity index (χ4v) is 1.39. The van der Waals surface area contributed by atoms with Crippen LogP contribution in [0.4, 0.5) is 0 Å². The maximum atomic E-state index is 11.6. The molecule has 1 aromatic carbocycles. The van der Waals surface area contributed by atoms with E-state index in [0.29, 0.717) is 6.42 Å². The number of carbonyl (C=O) groups excluding carboxylic acids is 1. The summed E-state index contributed by atoms with van der Waals surface area (Å²) >= 11 is 0. The molecule has 0 aromatic heterocycles. The van der Waals surface area contributed by atoms with Crippen LogP contribution in [-0.4, -0.2) is 5.78 Å². The van der Waals surface area contributed by atoms with Gasteiger partial charge in [0.25, 0.3) is 0 Å². The lowest BCUT2D eigenvalue weighted by Gasteiger charge is -1.99. The van der Waals surface area contributed by atoms with E-state index in [1.54, 1.807) is 0 Å². The van der Waals surface area contributed by atoms with Gasteiger partial charge in [0.2, 0.25) is 0 Å². The third-order valence-electron chi connectivity index (χ3n) is 2.23. The van der Waals surface area contributed by atoms with Gasteiger partial charge in [0.15, 0.2) is 5.78 Å². The predicted octanol–water partition coefficient (Wildman–Crippen LogP) is 3.45. The van der Waals surface area contributed by atoms with Crippen LogP contribution in [0.15, 0.2) is 30.3 Å². The molecule has 0 aliphatic rings. The van der Waals surface area contributed by atoms with Gasteiger partial charge >= 0.3 is 0 Å². The van der Waals surface area contributed by atoms with Crippen LogP contribution < -0.4 is 0 Å². The molecule has 15 heavy (non-hydrogen) atoms. The van der Waals surface area contributed by atoms with Gasteiger partial charge < -0.3 is 0 Å². The molecule has 1 rings (SSSR count). The molecule has 0 amide bonds. The fourth-order valence-electron chi connectivity index (χ4n) is 1.39. The molecule has 0 aliphatic heterocycles. The van der Waals surface area contributed by atoms with Gasteiger partial charge in [0.05, 0.1) is 0 Å². The van der Waals surface area contributed by atoms with Crippen LogP contribution in [0.3, 0.4) is 0 Å². The molecule has 1 aromatic rings. The molecule has 0 saturated heterocycles. The van der Waals surface area contributed by atoms with Crippen molar-refractivity contribution < 1.29 is 4.79 Å². The Morgan fingerprint density at radius 3 is 2.60 bits per heavy atom. The molecule has 0 unspecified atom stereocenters. The van der Waals surface area contributed by atoms with E-state index >= 15 is 0 Å². The van der Waals surface area contributed by atoms with E-state index in [1.165, 1.54) is 0 Å². The van der Waals surface area contributed by atoms with Gasteiger partial charge in [-0.1, -0.05) is 30.3 Å². The van der Waals surface area contributed by atoms with Gasteiger partial charge in [-0.25, -0.2) is 0 Å². The average Bonchev–Trinajstić information content (AvgIpc) is 2.30. The molecule has 0 atom stereocenters. The minimum absolute atomic E-state index is 0.236. The molecule has 1 heteroatoms. The van der Waals surface area contributed by atoms with Crippen molar-refractivity contribution in [2.45, 2.75) is 32.6 Å². The molecule has 0 heterocycles. The zero-order valence-corrected chi connectivity index (χ0v) is 9.12. The Balaban J connectivity index is 2.27. The molecule has 1 nitrogen and oxygen atoms in total. The third kappa shape index (κ3) is 4.46. The zero-order valence-electron chi connectivity index (χ0n) is 9.12. The molecule has 0 bridgehead atoms. The summed E-state index contributed by atoms with van der Waals surface area (Å²) in [6.07, 6.45) is 3.48. The highest BCUT2D eigenvalue weighted by Crippen LogP contribution is 2.07. The van der Waals surface area contributed by atoms with Crippen LogP contribution in [0.2, 0.25) is 0 Å². The van der Waals surface area contributed by atoms with Gasteiger partial charge in [0.1, 0.15) is 0 Å². The topological polar surface area (TPSA) is 17.1 Å². The van der Waals surface area contributed by atoms with Crippen LogP contribution in [0.25, 0.3) is 0 Å². The molecule has 0 radical (unpaired) electrons. The Bertz CT molecular complexity index is 354. The summed E-state index contributed by atoms with van der Waals surface area (Å²) < 4.78 is 0. The summed E-state index contributed by atoms with van der Waals surface area (Å²) in [4.78, 5) is 11.6. The van der Waals surface area contributed by atoms with Crippen LogP contribution in [-0.2, 0) is 0 Å². The third-order valence-corrected chi connectivity index (χ3v) is 2.23. The van der Waals surface area contributed by atoms with Crippen molar-refractivity contribution in [3.63, 3.8) is 0 Å². The van der Waals surface area contributed by atoms with Crippen LogP contribution in [0, 0.1) is 11.8 Å². The van der Waals surface area contributed by atoms with Crippen molar-refractivity contribution in [1.29, 1.82) is 0 Å². The maximum Gasteiger partial charge on any atom is 0.162 e. The number of Topliss-reactive ketones (excluding diaryl/α,β-unsaturated/α-hetero) is 1. The van der Waals surface area contributed by atoms with Crippen LogP contribution in [0.1, 0.15) is 43.0 Å². The van der Waals surface area contributed by atoms with E-state index in [0.717, 1.165) is 24.8 Å². The summed E-state index contributed by atoms with van der Waals surface area (Å²) in [5.74, 6) is 6.09. The number of rotatable bonds is 5. The van der Waals surface area contributed by atoms with Gasteiger partial charge in [-0.3, -0.25) is 4.79 Å². The molecule has 0 spiro atoms. The first-order valence-electron chi connectivity index (χ1n) is 5.32. The largest absolute Gasteiger partial charge is 0.294 e. The SMILES string of the molecule is CC#CCCCCC(=O)c1ccccc1. The molecule has 0 N–H and O–H groups in total. The second-order valence-corrected chi connectivity index (χ2v) is 3.42. The van der Waals surface area contributed by atoms with Crippen LogP contribution in [0.5, 0.6) is 0 Å². The normalized spacial score (nSPS) is 9.13. The van der Waals surface area contributed by atoms with E-state index < -0.39 is 0 Å². The van der Waals surface area contributed by atoms with E-state index in [9.17, 15) is 4.79 Å². The van der Waals surface area contributed by atoms with Crippen molar-refractivity contribution in [2.75, 3.05) is 0 Å². The number of unbranched alkanes of at least 4 members (excludes halogenated alkanes) is 2. The van der Waals surface area contributed by atoms with Gasteiger partial charge in [-0.2, -0.15) is 0 Å². The lowest BCUT2D eigenvalue weighted by atomic mass is 10.1. The fraction of sp³-hybridized carbons (Fsp3) is 0.357. The molecule has 78 valence electrons. The smallest absolute Gasteiger partial charge is 0.162 e. The lowest BCUT2D eigenvalue weighted by molar-refractivity contribution is 0.0979. The standard InChI is InChI=1S/C14H16O/c1-2-3-4-5-9-12-14(15)13-10-7-6-8-11-13/h6-8,10-11H,4-5,9,12H2,1H3. The number of ketones is 1. The Morgan fingerprint density at radius 2 is 1.93 bits per heavy atom. The molecular weight excluding hydrogens is 184 g/mol. The van der Waals surface area contributed by atoms with Crippen molar-refractivity contribution in [3.8, 4) is 11.8 Å². The number of hydrogen-bond donors (Lipinski definition) is 0. The zero-order chi connectivity index (χ0) is 10.9. The van der Waals surface area contributed by atoms with E-state index in [2.05, 4.69) is 11.8 Å². The summed E-state index contributed by atoms with van der Waals surface area (Å²) in [5, 5.41) is 0. The Kier molecular flexibility index (Phi) is 5.25. The highest BCUT2D eigenvalue weighted by Gasteiger charge is 2.03. The van der Waals surface area contributed by atoms with Gasteiger partial charge in [-0.15, -0.1) is 11.8 Å². The number of benzene rings is 1.